The third kappa shape index (κ3) is 2.77. The monoisotopic (exact) mass is 336 g/mol. The van der Waals surface area contributed by atoms with Crippen LogP contribution in [0.4, 0.5) is 5.69 Å². The molecule has 0 bridgehead atoms. The fourth-order valence-electron chi connectivity index (χ4n) is 2.60. The molecule has 1 aliphatic heterocycles. The number of carbonyl (C=O) groups excluding carboxylic acids is 1. The van der Waals surface area contributed by atoms with Gasteiger partial charge < -0.3 is 10.2 Å². The van der Waals surface area contributed by atoms with Crippen LogP contribution in [0, 0.1) is 0 Å². The van der Waals surface area contributed by atoms with Gasteiger partial charge in [-0.15, -0.1) is 0 Å². The van der Waals surface area contributed by atoms with Gasteiger partial charge in [0.05, 0.1) is 17.8 Å². The second-order valence-corrected chi connectivity index (χ2v) is 5.78. The van der Waals surface area contributed by atoms with Crippen LogP contribution in [0.3, 0.4) is 0 Å². The standard InChI is InChI=1S/C16H14Cl2N2O2/c1-22-14-8-10(6-7-12(14)17)9-20-15(16(18)21)11-4-2-3-5-13(11)19-20/h2-8,15,19H,9H2,1H3. The maximum absolute atomic E-state index is 11.8. The van der Waals surface area contributed by atoms with Crippen molar-refractivity contribution in [3.8, 4) is 5.75 Å². The number of halogens is 2. The van der Waals surface area contributed by atoms with Crippen LogP contribution in [0.2, 0.25) is 5.02 Å². The van der Waals surface area contributed by atoms with Gasteiger partial charge in [-0.3, -0.25) is 4.79 Å². The fraction of sp³-hybridized carbons (Fsp3) is 0.188. The maximum Gasteiger partial charge on any atom is 0.245 e. The van der Waals surface area contributed by atoms with E-state index in [1.807, 2.05) is 41.4 Å². The predicted octanol–water partition coefficient (Wildman–Crippen LogP) is 4.00. The summed E-state index contributed by atoms with van der Waals surface area (Å²) >= 11 is 11.8. The number of anilines is 1. The van der Waals surface area contributed by atoms with Crippen molar-refractivity contribution in [1.29, 1.82) is 0 Å². The number of benzene rings is 2. The Labute approximate surface area is 138 Å². The molecule has 0 aromatic heterocycles. The molecule has 0 saturated carbocycles. The topological polar surface area (TPSA) is 41.6 Å². The minimum Gasteiger partial charge on any atom is -0.495 e. The molecule has 0 aliphatic carbocycles. The highest BCUT2D eigenvalue weighted by Crippen LogP contribution is 2.37. The molecule has 6 heteroatoms. The lowest BCUT2D eigenvalue weighted by molar-refractivity contribution is -0.116. The lowest BCUT2D eigenvalue weighted by Gasteiger charge is -2.22. The van der Waals surface area contributed by atoms with Gasteiger partial charge in [0.15, 0.2) is 0 Å². The van der Waals surface area contributed by atoms with Gasteiger partial charge in [-0.05, 0) is 35.4 Å². The van der Waals surface area contributed by atoms with Gasteiger partial charge in [0, 0.05) is 12.1 Å². The summed E-state index contributed by atoms with van der Waals surface area (Å²) in [5.74, 6) is 0.602. The number of fused-ring (bicyclic) bond motifs is 1. The van der Waals surface area contributed by atoms with Crippen molar-refractivity contribution in [3.05, 3.63) is 58.6 Å². The molecule has 3 rings (SSSR count). The summed E-state index contributed by atoms with van der Waals surface area (Å²) in [5.41, 5.74) is 5.95. The Kier molecular flexibility index (Phi) is 4.25. The predicted molar refractivity (Wildman–Crippen MR) is 87.2 cm³/mol. The van der Waals surface area contributed by atoms with Gasteiger partial charge in [0.2, 0.25) is 5.24 Å². The summed E-state index contributed by atoms with van der Waals surface area (Å²) in [7, 11) is 1.57. The lowest BCUT2D eigenvalue weighted by Crippen LogP contribution is -2.30. The van der Waals surface area contributed by atoms with Gasteiger partial charge in [-0.2, -0.15) is 0 Å². The Morgan fingerprint density at radius 2 is 2.09 bits per heavy atom. The molecule has 0 radical (unpaired) electrons. The van der Waals surface area contributed by atoms with Crippen LogP contribution in [-0.4, -0.2) is 17.4 Å². The first-order chi connectivity index (χ1) is 10.6. The Hall–Kier alpha value is -1.75. The van der Waals surface area contributed by atoms with Gasteiger partial charge >= 0.3 is 0 Å². The highest BCUT2D eigenvalue weighted by Gasteiger charge is 2.34. The molecule has 0 fully saturated rings. The van der Waals surface area contributed by atoms with Crippen molar-refractivity contribution >= 4 is 34.1 Å². The number of hydrogen-bond acceptors (Lipinski definition) is 4. The number of rotatable bonds is 4. The minimum atomic E-state index is -0.514. The van der Waals surface area contributed by atoms with E-state index in [4.69, 9.17) is 27.9 Å². The zero-order chi connectivity index (χ0) is 15.7. The van der Waals surface area contributed by atoms with Gasteiger partial charge in [-0.25, -0.2) is 5.01 Å². The van der Waals surface area contributed by atoms with Crippen LogP contribution < -0.4 is 10.2 Å². The SMILES string of the molecule is COc1cc(CN2Nc3ccccc3C2C(=O)Cl)ccc1Cl. The summed E-state index contributed by atoms with van der Waals surface area (Å²) in [6.07, 6.45) is 0. The number of nitrogens with zero attached hydrogens (tertiary/aromatic N) is 1. The molecule has 1 aliphatic rings. The minimum absolute atomic E-state index is 0.418. The van der Waals surface area contributed by atoms with Crippen molar-refractivity contribution in [1.82, 2.24) is 5.01 Å². The largest absolute Gasteiger partial charge is 0.495 e. The average Bonchev–Trinajstić information content (AvgIpc) is 2.87. The molecule has 1 atom stereocenters. The van der Waals surface area contributed by atoms with E-state index >= 15 is 0 Å². The number of hydrazine groups is 1. The lowest BCUT2D eigenvalue weighted by atomic mass is 10.1. The number of hydrogen-bond donors (Lipinski definition) is 1. The van der Waals surface area contributed by atoms with E-state index < -0.39 is 11.3 Å². The summed E-state index contributed by atoms with van der Waals surface area (Å²) in [6.45, 7) is 0.491. The van der Waals surface area contributed by atoms with Gasteiger partial charge in [-0.1, -0.05) is 35.9 Å². The quantitative estimate of drug-likeness (QED) is 0.857. The van der Waals surface area contributed by atoms with E-state index in [2.05, 4.69) is 5.43 Å². The maximum atomic E-state index is 11.8. The molecule has 0 saturated heterocycles. The number of nitrogens with one attached hydrogen (secondary N) is 1. The second kappa shape index (κ2) is 6.16. The fourth-order valence-corrected chi connectivity index (χ4v) is 3.03. The van der Waals surface area contributed by atoms with E-state index in [-0.39, 0.29) is 0 Å². The van der Waals surface area contributed by atoms with E-state index in [1.54, 1.807) is 13.2 Å². The normalized spacial score (nSPS) is 17.0. The van der Waals surface area contributed by atoms with E-state index in [1.165, 1.54) is 0 Å². The average molecular weight is 337 g/mol. The zero-order valence-electron chi connectivity index (χ0n) is 11.8. The Morgan fingerprint density at radius 3 is 2.82 bits per heavy atom. The van der Waals surface area contributed by atoms with Crippen molar-refractivity contribution in [2.45, 2.75) is 12.6 Å². The van der Waals surface area contributed by atoms with E-state index in [9.17, 15) is 4.79 Å². The molecule has 2 aromatic carbocycles. The van der Waals surface area contributed by atoms with Gasteiger partial charge in [0.25, 0.3) is 0 Å². The van der Waals surface area contributed by atoms with Crippen molar-refractivity contribution in [2.75, 3.05) is 12.5 Å². The van der Waals surface area contributed by atoms with Crippen LogP contribution in [0.1, 0.15) is 17.2 Å². The molecule has 4 nitrogen and oxygen atoms in total. The summed E-state index contributed by atoms with van der Waals surface area (Å²) < 4.78 is 5.22. The highest BCUT2D eigenvalue weighted by molar-refractivity contribution is 6.64. The van der Waals surface area contributed by atoms with E-state index in [0.717, 1.165) is 16.8 Å². The smallest absolute Gasteiger partial charge is 0.245 e. The second-order valence-electron chi connectivity index (χ2n) is 5.00. The highest BCUT2D eigenvalue weighted by atomic mass is 35.5. The molecule has 22 heavy (non-hydrogen) atoms. The van der Waals surface area contributed by atoms with Crippen LogP contribution in [0.15, 0.2) is 42.5 Å². The van der Waals surface area contributed by atoms with Crippen molar-refractivity contribution in [3.63, 3.8) is 0 Å². The first kappa shape index (κ1) is 15.2. The summed E-state index contributed by atoms with van der Waals surface area (Å²) in [6, 6.07) is 12.6. The molecule has 114 valence electrons. The molecular weight excluding hydrogens is 323 g/mol. The molecule has 1 N–H and O–H groups in total. The number of methoxy groups -OCH3 is 1. The molecule has 0 spiro atoms. The Morgan fingerprint density at radius 1 is 1.32 bits per heavy atom. The number of para-hydroxylation sites is 1. The van der Waals surface area contributed by atoms with Crippen LogP contribution in [0.5, 0.6) is 5.75 Å². The van der Waals surface area contributed by atoms with Crippen molar-refractivity contribution < 1.29 is 9.53 Å². The van der Waals surface area contributed by atoms with E-state index in [0.29, 0.717) is 17.3 Å². The Bertz CT molecular complexity index is 721. The Balaban J connectivity index is 1.88. The number of ether oxygens (including phenoxy) is 1. The third-order valence-electron chi connectivity index (χ3n) is 3.61. The van der Waals surface area contributed by atoms with Crippen LogP contribution in [0.25, 0.3) is 0 Å². The number of carbonyl (C=O) groups is 1. The van der Waals surface area contributed by atoms with Crippen molar-refractivity contribution in [2.24, 2.45) is 0 Å². The first-order valence-corrected chi connectivity index (χ1v) is 7.49. The molecule has 1 unspecified atom stereocenters. The van der Waals surface area contributed by atoms with Gasteiger partial charge in [0.1, 0.15) is 11.8 Å². The van der Waals surface area contributed by atoms with Crippen LogP contribution >= 0.6 is 23.2 Å². The summed E-state index contributed by atoms with van der Waals surface area (Å²) in [5, 5.41) is 1.94. The third-order valence-corrected chi connectivity index (χ3v) is 4.13. The molecular formula is C16H14Cl2N2O2. The first-order valence-electron chi connectivity index (χ1n) is 6.74. The molecule has 0 amide bonds. The molecule has 2 aromatic rings. The summed E-state index contributed by atoms with van der Waals surface area (Å²) in [4.78, 5) is 11.8. The molecule has 1 heterocycles. The van der Waals surface area contributed by atoms with Crippen LogP contribution in [-0.2, 0) is 11.3 Å². The zero-order valence-corrected chi connectivity index (χ0v) is 13.4.